The molecule has 0 fully saturated rings. The van der Waals surface area contributed by atoms with Gasteiger partial charge in [0, 0.05) is 16.4 Å². The minimum atomic E-state index is -0.527. The Morgan fingerprint density at radius 3 is 2.76 bits per heavy atom. The Morgan fingerprint density at radius 2 is 2.00 bits per heavy atom. The van der Waals surface area contributed by atoms with E-state index >= 15 is 0 Å². The fraction of sp³-hybridized carbons (Fsp3) is 0.154. The van der Waals surface area contributed by atoms with Crippen molar-refractivity contribution >= 4 is 29.9 Å². The summed E-state index contributed by atoms with van der Waals surface area (Å²) in [5.74, 6) is -1.00. The Labute approximate surface area is 96.8 Å². The number of carbonyl (C=O) groups is 3. The molecule has 0 atom stereocenters. The van der Waals surface area contributed by atoms with E-state index in [9.17, 15) is 14.4 Å². The van der Waals surface area contributed by atoms with Crippen LogP contribution < -0.4 is 10.4 Å². The fourth-order valence-electron chi connectivity index (χ4n) is 2.43. The number of rotatable bonds is 1. The number of carbonyl (C=O) groups excluding carboxylic acids is 3. The third kappa shape index (κ3) is 1.21. The molecule has 0 aromatic heterocycles. The molecule has 0 bridgehead atoms. The maximum atomic E-state index is 12.0. The summed E-state index contributed by atoms with van der Waals surface area (Å²) in [5, 5.41) is 1.63. The van der Waals surface area contributed by atoms with Gasteiger partial charge in [0.1, 0.15) is 0 Å². The summed E-state index contributed by atoms with van der Waals surface area (Å²) in [7, 11) is 0. The molecule has 0 saturated carbocycles. The van der Waals surface area contributed by atoms with Gasteiger partial charge in [-0.3, -0.25) is 14.4 Å². The first-order valence-corrected chi connectivity index (χ1v) is 5.39. The minimum Gasteiger partial charge on any atom is -0.278 e. The predicted molar refractivity (Wildman–Crippen MR) is 60.0 cm³/mol. The highest BCUT2D eigenvalue weighted by atomic mass is 16.2. The molecule has 0 unspecified atom stereocenters. The van der Waals surface area contributed by atoms with E-state index in [1.807, 2.05) is 12.1 Å². The van der Waals surface area contributed by atoms with Crippen LogP contribution in [0.2, 0.25) is 0 Å². The Balaban J connectivity index is 2.48. The van der Waals surface area contributed by atoms with E-state index in [-0.39, 0.29) is 0 Å². The molecule has 1 aliphatic carbocycles. The molecule has 0 radical (unpaired) electrons. The van der Waals surface area contributed by atoms with Crippen molar-refractivity contribution in [3.05, 3.63) is 34.2 Å². The van der Waals surface area contributed by atoms with E-state index in [4.69, 9.17) is 0 Å². The Hall–Kier alpha value is -2.23. The molecule has 1 aromatic rings. The van der Waals surface area contributed by atoms with E-state index < -0.39 is 11.8 Å². The summed E-state index contributed by atoms with van der Waals surface area (Å²) < 4.78 is 0. The lowest BCUT2D eigenvalue weighted by Gasteiger charge is -2.23. The van der Waals surface area contributed by atoms with Crippen molar-refractivity contribution in [1.29, 1.82) is 0 Å². The Kier molecular flexibility index (Phi) is 1.98. The second-order valence-electron chi connectivity index (χ2n) is 4.08. The summed E-state index contributed by atoms with van der Waals surface area (Å²) in [4.78, 5) is 35.4. The zero-order valence-corrected chi connectivity index (χ0v) is 8.97. The monoisotopic (exact) mass is 227 g/mol. The molecular weight excluding hydrogens is 218 g/mol. The molecule has 84 valence electrons. The first kappa shape index (κ1) is 9.96. The molecule has 0 saturated heterocycles. The summed E-state index contributed by atoms with van der Waals surface area (Å²) in [5.41, 5.74) is 1.02. The molecule has 3 rings (SSSR count). The third-order valence-electron chi connectivity index (χ3n) is 3.19. The van der Waals surface area contributed by atoms with Crippen molar-refractivity contribution in [1.82, 2.24) is 4.90 Å². The van der Waals surface area contributed by atoms with Crippen LogP contribution in [-0.4, -0.2) is 23.1 Å². The Bertz CT molecular complexity index is 672. The second-order valence-corrected chi connectivity index (χ2v) is 4.08. The zero-order valence-electron chi connectivity index (χ0n) is 8.97. The van der Waals surface area contributed by atoms with Crippen LogP contribution in [0.25, 0.3) is 11.6 Å². The van der Waals surface area contributed by atoms with E-state index in [0.29, 0.717) is 34.1 Å². The van der Waals surface area contributed by atoms with Crippen molar-refractivity contribution in [3.8, 4) is 0 Å². The van der Waals surface area contributed by atoms with Gasteiger partial charge < -0.3 is 0 Å². The van der Waals surface area contributed by atoms with Gasteiger partial charge in [0.05, 0.1) is 0 Å². The molecule has 0 spiro atoms. The highest BCUT2D eigenvalue weighted by Crippen LogP contribution is 2.17. The molecule has 1 aromatic carbocycles. The normalized spacial score (nSPS) is 17.6. The van der Waals surface area contributed by atoms with E-state index in [2.05, 4.69) is 0 Å². The number of amides is 3. The van der Waals surface area contributed by atoms with Crippen molar-refractivity contribution in [2.45, 2.75) is 12.8 Å². The van der Waals surface area contributed by atoms with Crippen LogP contribution in [0.3, 0.4) is 0 Å². The SMILES string of the molecule is O=CN1C(=O)C2=c3c(cccc3=CCC2)C1=O. The van der Waals surface area contributed by atoms with Gasteiger partial charge >= 0.3 is 0 Å². The number of benzene rings is 1. The highest BCUT2D eigenvalue weighted by molar-refractivity contribution is 6.28. The molecule has 1 aliphatic heterocycles. The topological polar surface area (TPSA) is 54.5 Å². The van der Waals surface area contributed by atoms with Crippen molar-refractivity contribution < 1.29 is 14.4 Å². The largest absolute Gasteiger partial charge is 0.278 e. The maximum Gasteiger partial charge on any atom is 0.268 e. The molecule has 1 heterocycles. The highest BCUT2D eigenvalue weighted by Gasteiger charge is 2.32. The van der Waals surface area contributed by atoms with Crippen LogP contribution >= 0.6 is 0 Å². The second kappa shape index (κ2) is 3.38. The number of hydrogen-bond acceptors (Lipinski definition) is 3. The molecule has 2 aliphatic rings. The number of nitrogens with zero attached hydrogens (tertiary/aromatic N) is 1. The summed E-state index contributed by atoms with van der Waals surface area (Å²) in [6.07, 6.45) is 3.66. The smallest absolute Gasteiger partial charge is 0.268 e. The first-order valence-electron chi connectivity index (χ1n) is 5.39. The summed E-state index contributed by atoms with van der Waals surface area (Å²) >= 11 is 0. The van der Waals surface area contributed by atoms with E-state index in [1.54, 1.807) is 12.1 Å². The zero-order chi connectivity index (χ0) is 12.0. The number of imide groups is 3. The molecular formula is C13H9NO3. The van der Waals surface area contributed by atoms with Crippen LogP contribution in [-0.2, 0) is 9.59 Å². The first-order chi connectivity index (χ1) is 8.24. The van der Waals surface area contributed by atoms with Crippen molar-refractivity contribution in [2.24, 2.45) is 0 Å². The van der Waals surface area contributed by atoms with Gasteiger partial charge in [-0.2, -0.15) is 0 Å². The van der Waals surface area contributed by atoms with Crippen LogP contribution in [0.4, 0.5) is 0 Å². The summed E-state index contributed by atoms with van der Waals surface area (Å²) in [6.45, 7) is 0. The molecule has 17 heavy (non-hydrogen) atoms. The lowest BCUT2D eigenvalue weighted by atomic mass is 9.92. The standard InChI is InChI=1S/C13H9NO3/c15-7-14-12(16)9-5-1-3-8-4-2-6-10(11(8)9)13(14)17/h1,3-5,7H,2,6H2. The maximum absolute atomic E-state index is 12.0. The number of hydrogen-bond donors (Lipinski definition) is 0. The average Bonchev–Trinajstić information content (AvgIpc) is 2.36. The van der Waals surface area contributed by atoms with Crippen LogP contribution in [0.5, 0.6) is 0 Å². The van der Waals surface area contributed by atoms with E-state index in [0.717, 1.165) is 11.6 Å². The van der Waals surface area contributed by atoms with Crippen LogP contribution in [0.1, 0.15) is 23.2 Å². The van der Waals surface area contributed by atoms with Gasteiger partial charge in [-0.15, -0.1) is 0 Å². The molecule has 0 N–H and O–H groups in total. The van der Waals surface area contributed by atoms with Crippen LogP contribution in [0, 0.1) is 0 Å². The predicted octanol–water partition coefficient (Wildman–Crippen LogP) is -0.450. The van der Waals surface area contributed by atoms with Gasteiger partial charge in [-0.25, -0.2) is 4.90 Å². The van der Waals surface area contributed by atoms with Crippen molar-refractivity contribution in [3.63, 3.8) is 0 Å². The average molecular weight is 227 g/mol. The van der Waals surface area contributed by atoms with E-state index in [1.165, 1.54) is 0 Å². The van der Waals surface area contributed by atoms with Gasteiger partial charge in [0.25, 0.3) is 11.8 Å². The lowest BCUT2D eigenvalue weighted by Crippen LogP contribution is -2.50. The lowest BCUT2D eigenvalue weighted by molar-refractivity contribution is -0.131. The van der Waals surface area contributed by atoms with Gasteiger partial charge in [0.15, 0.2) is 0 Å². The third-order valence-corrected chi connectivity index (χ3v) is 3.19. The van der Waals surface area contributed by atoms with Crippen molar-refractivity contribution in [2.75, 3.05) is 0 Å². The van der Waals surface area contributed by atoms with Gasteiger partial charge in [-0.05, 0) is 24.1 Å². The van der Waals surface area contributed by atoms with Gasteiger partial charge in [0.2, 0.25) is 6.41 Å². The molecule has 4 nitrogen and oxygen atoms in total. The minimum absolute atomic E-state index is 0.297. The summed E-state index contributed by atoms with van der Waals surface area (Å²) in [6, 6.07) is 5.31. The van der Waals surface area contributed by atoms with Crippen LogP contribution in [0.15, 0.2) is 18.2 Å². The molecule has 4 heteroatoms. The Morgan fingerprint density at radius 1 is 1.18 bits per heavy atom. The fourth-order valence-corrected chi connectivity index (χ4v) is 2.43. The van der Waals surface area contributed by atoms with Gasteiger partial charge in [-0.1, -0.05) is 18.2 Å². The quantitative estimate of drug-likeness (QED) is 0.482. The molecule has 3 amide bonds.